The van der Waals surface area contributed by atoms with Crippen molar-refractivity contribution in [1.82, 2.24) is 0 Å². The van der Waals surface area contributed by atoms with Gasteiger partial charge in [0.2, 0.25) is 0 Å². The molecular formula is C9H7BrClNO4. The summed E-state index contributed by atoms with van der Waals surface area (Å²) >= 11 is 8.40. The summed E-state index contributed by atoms with van der Waals surface area (Å²) in [5.41, 5.74) is -0.363. The lowest BCUT2D eigenvalue weighted by Gasteiger charge is -2.05. The van der Waals surface area contributed by atoms with Gasteiger partial charge in [0.25, 0.3) is 5.69 Å². The van der Waals surface area contributed by atoms with Gasteiger partial charge in [-0.1, -0.05) is 0 Å². The summed E-state index contributed by atoms with van der Waals surface area (Å²) in [6.07, 6.45) is 0. The smallest absolute Gasteiger partial charge is 0.294 e. The Bertz CT molecular complexity index is 449. The molecule has 0 saturated carbocycles. The van der Waals surface area contributed by atoms with Crippen LogP contribution in [0.25, 0.3) is 0 Å². The number of ether oxygens (including phenoxy) is 1. The van der Waals surface area contributed by atoms with Crippen LogP contribution in [0, 0.1) is 10.1 Å². The number of benzene rings is 1. The molecule has 1 aromatic rings. The Hall–Kier alpha value is -1.14. The Balaban J connectivity index is 3.46. The van der Waals surface area contributed by atoms with E-state index in [1.54, 1.807) is 0 Å². The van der Waals surface area contributed by atoms with Crippen molar-refractivity contribution in [3.63, 3.8) is 0 Å². The number of nitro groups is 1. The topological polar surface area (TPSA) is 69.4 Å². The number of nitrogens with zero attached hydrogens (tertiary/aromatic N) is 1. The molecule has 0 aliphatic rings. The SMILES string of the molecule is COc1cc(Br)c([N+](=O)[O-])c(C(=O)CCl)c1. The van der Waals surface area contributed by atoms with Gasteiger partial charge in [-0.2, -0.15) is 0 Å². The van der Waals surface area contributed by atoms with Crippen LogP contribution in [0.5, 0.6) is 5.75 Å². The molecule has 0 bridgehead atoms. The van der Waals surface area contributed by atoms with E-state index in [1.807, 2.05) is 0 Å². The minimum atomic E-state index is -0.636. The number of hydrogen-bond acceptors (Lipinski definition) is 4. The van der Waals surface area contributed by atoms with Crippen molar-refractivity contribution < 1.29 is 14.5 Å². The van der Waals surface area contributed by atoms with E-state index in [-0.39, 0.29) is 21.6 Å². The van der Waals surface area contributed by atoms with Gasteiger partial charge < -0.3 is 4.74 Å². The van der Waals surface area contributed by atoms with E-state index in [2.05, 4.69) is 15.9 Å². The van der Waals surface area contributed by atoms with Crippen LogP contribution >= 0.6 is 27.5 Å². The van der Waals surface area contributed by atoms with E-state index in [9.17, 15) is 14.9 Å². The monoisotopic (exact) mass is 307 g/mol. The molecule has 16 heavy (non-hydrogen) atoms. The number of alkyl halides is 1. The third kappa shape index (κ3) is 2.51. The summed E-state index contributed by atoms with van der Waals surface area (Å²) in [5, 5.41) is 10.8. The zero-order chi connectivity index (χ0) is 12.3. The van der Waals surface area contributed by atoms with Gasteiger partial charge in [0.1, 0.15) is 11.3 Å². The van der Waals surface area contributed by atoms with Crippen molar-refractivity contribution in [2.24, 2.45) is 0 Å². The predicted octanol–water partition coefficient (Wildman–Crippen LogP) is 2.79. The molecule has 0 atom stereocenters. The summed E-state index contributed by atoms with van der Waals surface area (Å²) in [5.74, 6) is -0.487. The summed E-state index contributed by atoms with van der Waals surface area (Å²) in [6.45, 7) is 0. The maximum Gasteiger partial charge on any atom is 0.294 e. The van der Waals surface area contributed by atoms with Gasteiger partial charge in [-0.25, -0.2) is 0 Å². The van der Waals surface area contributed by atoms with Gasteiger partial charge in [0.05, 0.1) is 22.4 Å². The normalized spacial score (nSPS) is 9.94. The highest BCUT2D eigenvalue weighted by Crippen LogP contribution is 2.33. The Morgan fingerprint density at radius 1 is 1.62 bits per heavy atom. The van der Waals surface area contributed by atoms with Crippen molar-refractivity contribution in [2.75, 3.05) is 13.0 Å². The van der Waals surface area contributed by atoms with Crippen molar-refractivity contribution in [3.05, 3.63) is 32.3 Å². The quantitative estimate of drug-likeness (QED) is 0.371. The highest BCUT2D eigenvalue weighted by atomic mass is 79.9. The maximum absolute atomic E-state index is 11.4. The Labute approximate surface area is 105 Å². The molecule has 5 nitrogen and oxygen atoms in total. The number of nitro benzene ring substituents is 1. The highest BCUT2D eigenvalue weighted by molar-refractivity contribution is 9.10. The third-order valence-corrected chi connectivity index (χ3v) is 2.72. The first-order chi connectivity index (χ1) is 7.51. The maximum atomic E-state index is 11.4. The molecule has 7 heteroatoms. The predicted molar refractivity (Wildman–Crippen MR) is 62.4 cm³/mol. The zero-order valence-corrected chi connectivity index (χ0v) is 10.5. The van der Waals surface area contributed by atoms with Gasteiger partial charge in [0, 0.05) is 6.07 Å². The van der Waals surface area contributed by atoms with Crippen molar-refractivity contribution in [1.29, 1.82) is 0 Å². The molecule has 0 unspecified atom stereocenters. The van der Waals surface area contributed by atoms with E-state index in [0.29, 0.717) is 5.75 Å². The Kier molecular flexibility index (Phi) is 4.26. The van der Waals surface area contributed by atoms with Crippen molar-refractivity contribution >= 4 is 39.0 Å². The average Bonchev–Trinajstić information content (AvgIpc) is 2.26. The molecule has 0 heterocycles. The minimum Gasteiger partial charge on any atom is -0.497 e. The Morgan fingerprint density at radius 2 is 2.25 bits per heavy atom. The fourth-order valence-electron chi connectivity index (χ4n) is 1.16. The van der Waals surface area contributed by atoms with Crippen LogP contribution in [0.2, 0.25) is 0 Å². The fourth-order valence-corrected chi connectivity index (χ4v) is 1.89. The van der Waals surface area contributed by atoms with Gasteiger partial charge in [0.15, 0.2) is 5.78 Å². The van der Waals surface area contributed by atoms with Gasteiger partial charge >= 0.3 is 0 Å². The Morgan fingerprint density at radius 3 is 2.69 bits per heavy atom. The summed E-state index contributed by atoms with van der Waals surface area (Å²) in [6, 6.07) is 2.72. The first-order valence-corrected chi connectivity index (χ1v) is 5.45. The molecule has 0 N–H and O–H groups in total. The molecule has 0 spiro atoms. The molecule has 1 aromatic carbocycles. The second-order valence-corrected chi connectivity index (χ2v) is 3.94. The van der Waals surface area contributed by atoms with E-state index in [0.717, 1.165) is 0 Å². The summed E-state index contributed by atoms with van der Waals surface area (Å²) in [7, 11) is 1.41. The second-order valence-electron chi connectivity index (χ2n) is 2.82. The van der Waals surface area contributed by atoms with Gasteiger partial charge in [-0.15, -0.1) is 11.6 Å². The van der Waals surface area contributed by atoms with Crippen LogP contribution in [0.4, 0.5) is 5.69 Å². The van der Waals surface area contributed by atoms with Crippen LogP contribution in [0.1, 0.15) is 10.4 Å². The molecule has 0 fully saturated rings. The molecule has 0 aliphatic heterocycles. The first-order valence-electron chi connectivity index (χ1n) is 4.12. The molecule has 0 radical (unpaired) electrons. The molecule has 0 saturated heterocycles. The van der Waals surface area contributed by atoms with Crippen LogP contribution in [-0.2, 0) is 0 Å². The molecule has 0 amide bonds. The van der Waals surface area contributed by atoms with E-state index < -0.39 is 10.7 Å². The largest absolute Gasteiger partial charge is 0.497 e. The molecule has 0 aliphatic carbocycles. The molecule has 1 rings (SSSR count). The number of carbonyl (C=O) groups is 1. The summed E-state index contributed by atoms with van der Waals surface area (Å²) < 4.78 is 5.10. The van der Waals surface area contributed by atoms with Crippen molar-refractivity contribution in [2.45, 2.75) is 0 Å². The minimum absolute atomic E-state index is 0.0637. The lowest BCUT2D eigenvalue weighted by atomic mass is 10.1. The average molecular weight is 309 g/mol. The highest BCUT2D eigenvalue weighted by Gasteiger charge is 2.24. The van der Waals surface area contributed by atoms with Crippen LogP contribution in [0.3, 0.4) is 0 Å². The first kappa shape index (κ1) is 12.9. The van der Waals surface area contributed by atoms with E-state index in [1.165, 1.54) is 19.2 Å². The lowest BCUT2D eigenvalue weighted by molar-refractivity contribution is -0.385. The second kappa shape index (κ2) is 5.27. The molecule has 86 valence electrons. The zero-order valence-electron chi connectivity index (χ0n) is 8.20. The lowest BCUT2D eigenvalue weighted by Crippen LogP contribution is -2.06. The number of carbonyl (C=O) groups excluding carboxylic acids is 1. The fraction of sp³-hybridized carbons (Fsp3) is 0.222. The number of Topliss-reactive ketones (excluding diaryl/α,β-unsaturated/α-hetero) is 1. The van der Waals surface area contributed by atoms with Crippen LogP contribution < -0.4 is 4.74 Å². The number of halogens is 2. The third-order valence-electron chi connectivity index (χ3n) is 1.88. The van der Waals surface area contributed by atoms with Crippen LogP contribution in [0.15, 0.2) is 16.6 Å². The van der Waals surface area contributed by atoms with E-state index in [4.69, 9.17) is 16.3 Å². The standard InChI is InChI=1S/C9H7BrClNO4/c1-16-5-2-6(8(13)4-11)9(12(14)15)7(10)3-5/h2-3H,4H2,1H3. The van der Waals surface area contributed by atoms with Gasteiger partial charge in [-0.3, -0.25) is 14.9 Å². The summed E-state index contributed by atoms with van der Waals surface area (Å²) in [4.78, 5) is 21.6. The molecule has 0 aromatic heterocycles. The number of ketones is 1. The van der Waals surface area contributed by atoms with Gasteiger partial charge in [-0.05, 0) is 22.0 Å². The number of rotatable bonds is 4. The van der Waals surface area contributed by atoms with E-state index >= 15 is 0 Å². The number of methoxy groups -OCH3 is 1. The molecular weight excluding hydrogens is 301 g/mol. The van der Waals surface area contributed by atoms with Crippen LogP contribution in [-0.4, -0.2) is 23.7 Å². The van der Waals surface area contributed by atoms with Crippen molar-refractivity contribution in [3.8, 4) is 5.75 Å². The number of hydrogen-bond donors (Lipinski definition) is 0.